The molecule has 2 aliphatic heterocycles. The van der Waals surface area contributed by atoms with E-state index >= 15 is 0 Å². The van der Waals surface area contributed by atoms with Gasteiger partial charge in [-0.25, -0.2) is 19.5 Å². The molecule has 2 fully saturated rings. The number of hydrogen-bond donors (Lipinski definition) is 1. The number of amides is 1. The van der Waals surface area contributed by atoms with Crippen molar-refractivity contribution in [1.82, 2.24) is 19.0 Å². The van der Waals surface area contributed by atoms with Crippen LogP contribution in [0.1, 0.15) is 38.3 Å². The van der Waals surface area contributed by atoms with Crippen LogP contribution in [0.4, 0.5) is 10.6 Å². The molecule has 4 rings (SSSR count). The molecule has 0 saturated carbocycles. The summed E-state index contributed by atoms with van der Waals surface area (Å²) >= 11 is 0. The Balaban J connectivity index is 1.56. The minimum absolute atomic E-state index is 0.0197. The van der Waals surface area contributed by atoms with Crippen molar-refractivity contribution in [1.29, 1.82) is 0 Å². The third kappa shape index (κ3) is 4.45. The lowest BCUT2D eigenvalue weighted by Crippen LogP contribution is -2.51. The Bertz CT molecular complexity index is 1130. The number of nitrogens with one attached hydrogen (secondary N) is 1. The Morgan fingerprint density at radius 1 is 1.13 bits per heavy atom. The van der Waals surface area contributed by atoms with E-state index < -0.39 is 21.9 Å². The number of carbonyl (C=O) groups is 1. The fraction of sp³-hybridized carbons (Fsp3) is 0.571. The predicted molar refractivity (Wildman–Crippen MR) is 118 cm³/mol. The van der Waals surface area contributed by atoms with Crippen LogP contribution in [0, 0.1) is 19.8 Å². The normalized spacial score (nSPS) is 22.0. The summed E-state index contributed by atoms with van der Waals surface area (Å²) in [6, 6.07) is 4.13. The Kier molecular flexibility index (Phi) is 5.33. The van der Waals surface area contributed by atoms with Gasteiger partial charge >= 0.3 is 16.3 Å². The molecule has 2 bridgehead atoms. The summed E-state index contributed by atoms with van der Waals surface area (Å²) in [7, 11) is -3.99. The molecule has 10 heteroatoms. The lowest BCUT2D eigenvalue weighted by atomic mass is 10.0. The number of aromatic nitrogens is 2. The van der Waals surface area contributed by atoms with E-state index in [4.69, 9.17) is 4.74 Å². The van der Waals surface area contributed by atoms with E-state index in [0.717, 1.165) is 28.7 Å². The molecule has 1 aromatic carbocycles. The highest BCUT2D eigenvalue weighted by Gasteiger charge is 2.44. The van der Waals surface area contributed by atoms with Crippen LogP contribution in [0.5, 0.6) is 0 Å². The largest absolute Gasteiger partial charge is 0.443 e. The maximum atomic E-state index is 12.8. The van der Waals surface area contributed by atoms with Crippen molar-refractivity contribution < 1.29 is 17.9 Å². The minimum Gasteiger partial charge on any atom is -0.443 e. The van der Waals surface area contributed by atoms with Crippen LogP contribution >= 0.6 is 0 Å². The van der Waals surface area contributed by atoms with Crippen LogP contribution in [0.3, 0.4) is 0 Å². The van der Waals surface area contributed by atoms with Gasteiger partial charge in [0, 0.05) is 31.1 Å². The Morgan fingerprint density at radius 3 is 2.55 bits per heavy atom. The van der Waals surface area contributed by atoms with Gasteiger partial charge in [-0.15, -0.1) is 0 Å². The summed E-state index contributed by atoms with van der Waals surface area (Å²) in [6.45, 7) is 10.5. The van der Waals surface area contributed by atoms with Crippen LogP contribution in [0.2, 0.25) is 0 Å². The number of nitrogens with zero attached hydrogens (tertiary/aromatic N) is 4. The molecule has 2 unspecified atom stereocenters. The molecule has 0 aliphatic carbocycles. The topological polar surface area (TPSA) is 105 Å². The second-order valence-corrected chi connectivity index (χ2v) is 11.2. The van der Waals surface area contributed by atoms with Gasteiger partial charge in [0.15, 0.2) is 0 Å². The van der Waals surface area contributed by atoms with Crippen LogP contribution in [0.25, 0.3) is 10.9 Å². The third-order valence-electron chi connectivity index (χ3n) is 5.83. The average Bonchev–Trinajstić information content (AvgIpc) is 2.93. The monoisotopic (exact) mass is 447 g/mol. The van der Waals surface area contributed by atoms with Gasteiger partial charge in [-0.1, -0.05) is 0 Å². The highest BCUT2D eigenvalue weighted by Crippen LogP contribution is 2.36. The molecule has 2 aromatic rings. The smallest absolute Gasteiger partial charge is 0.422 e. The summed E-state index contributed by atoms with van der Waals surface area (Å²) < 4.78 is 34.1. The zero-order valence-electron chi connectivity index (χ0n) is 18.5. The van der Waals surface area contributed by atoms with Crippen LogP contribution in [-0.2, 0) is 14.9 Å². The first-order valence-electron chi connectivity index (χ1n) is 10.4. The van der Waals surface area contributed by atoms with Crippen molar-refractivity contribution in [2.24, 2.45) is 5.92 Å². The van der Waals surface area contributed by atoms with Crippen molar-refractivity contribution in [3.05, 3.63) is 29.6 Å². The first-order chi connectivity index (χ1) is 14.4. The van der Waals surface area contributed by atoms with Crippen molar-refractivity contribution in [2.75, 3.05) is 24.5 Å². The summed E-state index contributed by atoms with van der Waals surface area (Å²) in [4.78, 5) is 23.2. The average molecular weight is 448 g/mol. The number of hydrogen-bond acceptors (Lipinski definition) is 7. The molecule has 2 atom stereocenters. The fourth-order valence-corrected chi connectivity index (χ4v) is 5.53. The molecule has 2 saturated heterocycles. The van der Waals surface area contributed by atoms with Gasteiger partial charge in [0.25, 0.3) is 0 Å². The Hall–Kier alpha value is -2.46. The summed E-state index contributed by atoms with van der Waals surface area (Å²) in [5, 5.41) is 0.972. The zero-order chi connectivity index (χ0) is 22.6. The van der Waals surface area contributed by atoms with Crippen molar-refractivity contribution >= 4 is 33.0 Å². The van der Waals surface area contributed by atoms with E-state index in [1.165, 1.54) is 9.87 Å². The SMILES string of the molecule is Cc1cc2ncnc(N3CC4CC3CN(S(=O)(=O)NC(=O)OC(C)(C)C)C4)c2cc1C. The molecule has 1 N–H and O–H groups in total. The Morgan fingerprint density at radius 2 is 1.84 bits per heavy atom. The highest BCUT2D eigenvalue weighted by atomic mass is 32.2. The molecule has 2 aliphatic rings. The molecule has 0 radical (unpaired) electrons. The molecule has 3 heterocycles. The third-order valence-corrected chi connectivity index (χ3v) is 7.23. The molecule has 0 spiro atoms. The quantitative estimate of drug-likeness (QED) is 0.771. The zero-order valence-corrected chi connectivity index (χ0v) is 19.4. The second kappa shape index (κ2) is 7.59. The number of aryl methyl sites for hydroxylation is 2. The van der Waals surface area contributed by atoms with Gasteiger partial charge in [-0.3, -0.25) is 0 Å². The van der Waals surface area contributed by atoms with E-state index in [2.05, 4.69) is 40.8 Å². The molecule has 168 valence electrons. The number of rotatable bonds is 3. The molecule has 31 heavy (non-hydrogen) atoms. The van der Waals surface area contributed by atoms with Crippen molar-refractivity contribution in [3.63, 3.8) is 0 Å². The molecule has 1 aromatic heterocycles. The summed E-state index contributed by atoms with van der Waals surface area (Å²) in [6.07, 6.45) is 1.48. The molecular weight excluding hydrogens is 418 g/mol. The summed E-state index contributed by atoms with van der Waals surface area (Å²) in [5.74, 6) is 0.991. The highest BCUT2D eigenvalue weighted by molar-refractivity contribution is 7.87. The number of benzene rings is 1. The molecular formula is C21H29N5O4S. The van der Waals surface area contributed by atoms with Crippen molar-refractivity contribution in [2.45, 2.75) is 52.7 Å². The maximum absolute atomic E-state index is 12.8. The maximum Gasteiger partial charge on any atom is 0.422 e. The van der Waals surface area contributed by atoms with E-state index in [1.54, 1.807) is 27.1 Å². The van der Waals surface area contributed by atoms with Gasteiger partial charge in [0.2, 0.25) is 0 Å². The number of carbonyl (C=O) groups excluding carboxylic acids is 1. The molecule has 9 nitrogen and oxygen atoms in total. The van der Waals surface area contributed by atoms with E-state index in [9.17, 15) is 13.2 Å². The number of fused-ring (bicyclic) bond motifs is 3. The Labute approximate surface area is 183 Å². The number of anilines is 1. The van der Waals surface area contributed by atoms with Crippen LogP contribution < -0.4 is 9.62 Å². The number of ether oxygens (including phenoxy) is 1. The molecule has 1 amide bonds. The van der Waals surface area contributed by atoms with Gasteiger partial charge in [0.1, 0.15) is 17.7 Å². The predicted octanol–water partition coefficient (Wildman–Crippen LogP) is 2.53. The van der Waals surface area contributed by atoms with Gasteiger partial charge in [-0.05, 0) is 70.2 Å². The van der Waals surface area contributed by atoms with Crippen molar-refractivity contribution in [3.8, 4) is 0 Å². The van der Waals surface area contributed by atoms with Gasteiger partial charge < -0.3 is 9.64 Å². The fourth-order valence-electron chi connectivity index (χ4n) is 4.37. The first-order valence-corrected chi connectivity index (χ1v) is 11.9. The number of piperidine rings is 1. The second-order valence-electron chi connectivity index (χ2n) is 9.48. The lowest BCUT2D eigenvalue weighted by molar-refractivity contribution is 0.0566. The van der Waals surface area contributed by atoms with Gasteiger partial charge in [0.05, 0.1) is 5.52 Å². The lowest BCUT2D eigenvalue weighted by Gasteiger charge is -2.32. The standard InChI is InChI=1S/C21H29N5O4S/c1-13-6-17-18(7-14(13)2)22-12-23-19(17)26-10-15-8-16(26)11-25(9-15)31(28,29)24-20(27)30-21(3,4)5/h6-7,12,15-16H,8-11H2,1-5H3,(H,24,27). The van der Waals surface area contributed by atoms with Crippen LogP contribution in [-0.4, -0.2) is 60.1 Å². The van der Waals surface area contributed by atoms with E-state index in [0.29, 0.717) is 13.1 Å². The van der Waals surface area contributed by atoms with Gasteiger partial charge in [-0.2, -0.15) is 12.7 Å². The van der Waals surface area contributed by atoms with E-state index in [1.807, 2.05) is 4.72 Å². The van der Waals surface area contributed by atoms with Crippen LogP contribution in [0.15, 0.2) is 18.5 Å². The summed E-state index contributed by atoms with van der Waals surface area (Å²) in [5.41, 5.74) is 2.44. The van der Waals surface area contributed by atoms with E-state index in [-0.39, 0.29) is 18.5 Å². The first kappa shape index (κ1) is 21.8. The minimum atomic E-state index is -3.99.